The van der Waals surface area contributed by atoms with Gasteiger partial charge in [0.2, 0.25) is 0 Å². The highest BCUT2D eigenvalue weighted by Crippen LogP contribution is 1.86. The van der Waals surface area contributed by atoms with E-state index in [1.54, 1.807) is 0 Å². The van der Waals surface area contributed by atoms with Crippen LogP contribution < -0.4 is 5.90 Å². The average molecular weight is 217 g/mol. The molecule has 0 spiro atoms. The predicted molar refractivity (Wildman–Crippen MR) is 56.0 cm³/mol. The van der Waals surface area contributed by atoms with Crippen LogP contribution in [-0.2, 0) is 19.0 Å². The van der Waals surface area contributed by atoms with Gasteiger partial charge in [0.15, 0.2) is 0 Å². The number of ether oxygens (including phenoxy) is 3. The third kappa shape index (κ3) is 13.4. The molecule has 0 aliphatic heterocycles. The minimum Gasteiger partial charge on any atom is -0.379 e. The molecular formula is C10H19NO4. The lowest BCUT2D eigenvalue weighted by Gasteiger charge is -2.04. The Morgan fingerprint density at radius 2 is 1.47 bits per heavy atom. The van der Waals surface area contributed by atoms with Gasteiger partial charge in [-0.1, -0.05) is 5.92 Å². The molecule has 15 heavy (non-hydrogen) atoms. The smallest absolute Gasteiger partial charge is 0.107 e. The second kappa shape index (κ2) is 13.4. The van der Waals surface area contributed by atoms with Crippen molar-refractivity contribution in [3.8, 4) is 12.3 Å². The summed E-state index contributed by atoms with van der Waals surface area (Å²) in [6.07, 6.45) is 5.84. The maximum Gasteiger partial charge on any atom is 0.107 e. The van der Waals surface area contributed by atoms with E-state index >= 15 is 0 Å². The fraction of sp³-hybridized carbons (Fsp3) is 0.800. The maximum absolute atomic E-state index is 5.26. The minimum absolute atomic E-state index is 0.339. The molecule has 0 atom stereocenters. The molecule has 0 aliphatic rings. The van der Waals surface area contributed by atoms with Crippen LogP contribution in [0.15, 0.2) is 0 Å². The van der Waals surface area contributed by atoms with E-state index in [4.69, 9.17) is 26.5 Å². The highest BCUT2D eigenvalue weighted by Gasteiger charge is 1.91. The minimum atomic E-state index is 0.339. The van der Waals surface area contributed by atoms with E-state index in [0.717, 1.165) is 6.42 Å². The topological polar surface area (TPSA) is 62.9 Å². The second-order valence-corrected chi connectivity index (χ2v) is 2.71. The van der Waals surface area contributed by atoms with Crippen LogP contribution in [0.25, 0.3) is 0 Å². The molecule has 0 amide bonds. The third-order valence-electron chi connectivity index (χ3n) is 1.48. The van der Waals surface area contributed by atoms with Gasteiger partial charge in [0.05, 0.1) is 26.4 Å². The number of nitrogens with two attached hydrogens (primary N) is 1. The van der Waals surface area contributed by atoms with E-state index in [1.165, 1.54) is 0 Å². The van der Waals surface area contributed by atoms with Crippen LogP contribution in [0, 0.1) is 12.3 Å². The van der Waals surface area contributed by atoms with Crippen LogP contribution in [0.5, 0.6) is 0 Å². The molecule has 5 heteroatoms. The molecule has 0 saturated carbocycles. The summed E-state index contributed by atoms with van der Waals surface area (Å²) < 4.78 is 15.5. The van der Waals surface area contributed by atoms with Gasteiger partial charge in [-0.3, -0.25) is 0 Å². The Hall–Kier alpha value is -0.640. The molecule has 0 rings (SSSR count). The van der Waals surface area contributed by atoms with Gasteiger partial charge in [-0.2, -0.15) is 0 Å². The first-order chi connectivity index (χ1) is 7.41. The van der Waals surface area contributed by atoms with E-state index in [0.29, 0.717) is 46.2 Å². The quantitative estimate of drug-likeness (QED) is 0.299. The van der Waals surface area contributed by atoms with Crippen molar-refractivity contribution >= 4 is 0 Å². The van der Waals surface area contributed by atoms with E-state index in [2.05, 4.69) is 10.8 Å². The van der Waals surface area contributed by atoms with Gasteiger partial charge >= 0.3 is 0 Å². The maximum atomic E-state index is 5.26. The second-order valence-electron chi connectivity index (χ2n) is 2.71. The molecule has 2 N–H and O–H groups in total. The van der Waals surface area contributed by atoms with E-state index < -0.39 is 0 Å². The summed E-state index contributed by atoms with van der Waals surface area (Å²) in [7, 11) is 0. The Morgan fingerprint density at radius 1 is 0.867 bits per heavy atom. The Morgan fingerprint density at radius 3 is 2.07 bits per heavy atom. The van der Waals surface area contributed by atoms with Gasteiger partial charge in [0, 0.05) is 13.2 Å². The Kier molecular flexibility index (Phi) is 12.8. The summed E-state index contributed by atoms with van der Waals surface area (Å²) in [5, 5.41) is 0. The summed E-state index contributed by atoms with van der Waals surface area (Å²) >= 11 is 0. The lowest BCUT2D eigenvalue weighted by molar-refractivity contribution is 0.0254. The number of terminal acetylenes is 1. The first kappa shape index (κ1) is 14.4. The molecule has 0 unspecified atom stereocenters. The zero-order chi connectivity index (χ0) is 11.2. The van der Waals surface area contributed by atoms with Crippen molar-refractivity contribution in [2.24, 2.45) is 5.90 Å². The zero-order valence-corrected chi connectivity index (χ0v) is 8.94. The van der Waals surface area contributed by atoms with Crippen LogP contribution in [0.4, 0.5) is 0 Å². The van der Waals surface area contributed by atoms with Crippen molar-refractivity contribution in [2.45, 2.75) is 6.42 Å². The van der Waals surface area contributed by atoms with Crippen molar-refractivity contribution in [2.75, 3.05) is 46.2 Å². The lowest BCUT2D eigenvalue weighted by Crippen LogP contribution is -2.10. The van der Waals surface area contributed by atoms with Gasteiger partial charge in [-0.25, -0.2) is 5.90 Å². The Labute approximate surface area is 90.8 Å². The highest BCUT2D eigenvalue weighted by atomic mass is 16.6. The predicted octanol–water partition coefficient (Wildman–Crippen LogP) is -0.0502. The van der Waals surface area contributed by atoms with Gasteiger partial charge in [0.25, 0.3) is 0 Å². The molecule has 0 fully saturated rings. The summed E-state index contributed by atoms with van der Waals surface area (Å²) in [6.45, 7) is 3.67. The molecule has 0 aliphatic carbocycles. The molecule has 0 heterocycles. The lowest BCUT2D eigenvalue weighted by atomic mass is 10.5. The zero-order valence-electron chi connectivity index (χ0n) is 8.94. The Balaban J connectivity index is 2.84. The van der Waals surface area contributed by atoms with E-state index in [1.807, 2.05) is 0 Å². The standard InChI is InChI=1S/C10H19NO4/c1-2-4-12-7-8-13-5-3-6-14-9-10-15-11/h1H,3-11H2. The molecule has 88 valence electrons. The highest BCUT2D eigenvalue weighted by molar-refractivity contribution is 4.82. The van der Waals surface area contributed by atoms with Gasteiger partial charge < -0.3 is 19.0 Å². The monoisotopic (exact) mass is 217 g/mol. The average Bonchev–Trinajstić information content (AvgIpc) is 2.26. The largest absolute Gasteiger partial charge is 0.379 e. The molecule has 0 aromatic heterocycles. The first-order valence-electron chi connectivity index (χ1n) is 4.90. The normalized spacial score (nSPS) is 10.1. The van der Waals surface area contributed by atoms with Gasteiger partial charge in [-0.05, 0) is 6.42 Å². The summed E-state index contributed by atoms with van der Waals surface area (Å²) in [5.41, 5.74) is 0. The molecule has 0 radical (unpaired) electrons. The van der Waals surface area contributed by atoms with Crippen molar-refractivity contribution in [1.29, 1.82) is 0 Å². The molecule has 0 saturated heterocycles. The fourth-order valence-corrected chi connectivity index (χ4v) is 0.823. The number of hydrogen-bond acceptors (Lipinski definition) is 5. The summed E-state index contributed by atoms with van der Waals surface area (Å²) in [6, 6.07) is 0. The molecule has 0 aromatic rings. The van der Waals surface area contributed by atoms with Crippen LogP contribution in [0.1, 0.15) is 6.42 Å². The fourth-order valence-electron chi connectivity index (χ4n) is 0.823. The van der Waals surface area contributed by atoms with Crippen LogP contribution in [0.3, 0.4) is 0 Å². The van der Waals surface area contributed by atoms with Crippen molar-refractivity contribution < 1.29 is 19.0 Å². The van der Waals surface area contributed by atoms with Crippen molar-refractivity contribution in [1.82, 2.24) is 0 Å². The summed E-state index contributed by atoms with van der Waals surface area (Å²) in [4.78, 5) is 4.34. The van der Waals surface area contributed by atoms with E-state index in [9.17, 15) is 0 Å². The molecule has 5 nitrogen and oxygen atoms in total. The van der Waals surface area contributed by atoms with Gasteiger partial charge in [-0.15, -0.1) is 6.42 Å². The Bertz CT molecular complexity index is 158. The van der Waals surface area contributed by atoms with Gasteiger partial charge in [0.1, 0.15) is 6.61 Å². The third-order valence-corrected chi connectivity index (χ3v) is 1.48. The van der Waals surface area contributed by atoms with Crippen LogP contribution >= 0.6 is 0 Å². The number of rotatable bonds is 11. The van der Waals surface area contributed by atoms with Crippen LogP contribution in [0.2, 0.25) is 0 Å². The molecule has 0 bridgehead atoms. The van der Waals surface area contributed by atoms with Crippen molar-refractivity contribution in [3.05, 3.63) is 0 Å². The molecule has 0 aromatic carbocycles. The number of hydrogen-bond donors (Lipinski definition) is 1. The van der Waals surface area contributed by atoms with Crippen molar-refractivity contribution in [3.63, 3.8) is 0 Å². The first-order valence-corrected chi connectivity index (χ1v) is 4.90. The van der Waals surface area contributed by atoms with Crippen LogP contribution in [-0.4, -0.2) is 46.2 Å². The molecular weight excluding hydrogens is 198 g/mol. The summed E-state index contributed by atoms with van der Waals surface area (Å²) in [5.74, 6) is 7.19. The SMILES string of the molecule is C#CCOCCOCCCOCCON. The van der Waals surface area contributed by atoms with E-state index in [-0.39, 0.29) is 0 Å².